The summed E-state index contributed by atoms with van der Waals surface area (Å²) in [6.07, 6.45) is 1.38. The van der Waals surface area contributed by atoms with Crippen molar-refractivity contribution in [2.75, 3.05) is 31.6 Å². The van der Waals surface area contributed by atoms with Crippen molar-refractivity contribution >= 4 is 11.7 Å². The van der Waals surface area contributed by atoms with E-state index in [4.69, 9.17) is 5.73 Å². The molecule has 2 aromatic rings. The van der Waals surface area contributed by atoms with Gasteiger partial charge in [-0.15, -0.1) is 0 Å². The lowest BCUT2D eigenvalue weighted by molar-refractivity contribution is -0.119. The van der Waals surface area contributed by atoms with Crippen LogP contribution in [0.4, 0.5) is 10.2 Å². The summed E-state index contributed by atoms with van der Waals surface area (Å²) >= 11 is 0. The Morgan fingerprint density at radius 2 is 2.04 bits per heavy atom. The predicted molar refractivity (Wildman–Crippen MR) is 85.3 cm³/mol. The smallest absolute Gasteiger partial charge is 0.231 e. The quantitative estimate of drug-likeness (QED) is 0.887. The van der Waals surface area contributed by atoms with E-state index in [1.54, 1.807) is 0 Å². The molecule has 1 fully saturated rings. The maximum Gasteiger partial charge on any atom is 0.231 e. The fourth-order valence-electron chi connectivity index (χ4n) is 2.66. The van der Waals surface area contributed by atoms with Crippen LogP contribution in [0, 0.1) is 5.82 Å². The number of halogens is 1. The molecule has 1 aliphatic rings. The van der Waals surface area contributed by atoms with Gasteiger partial charge in [-0.05, 0) is 7.05 Å². The van der Waals surface area contributed by atoms with Gasteiger partial charge in [0, 0.05) is 24.7 Å². The molecule has 2 N–H and O–H groups in total. The number of primary amides is 1. The number of nitrogens with two attached hydrogens (primary N) is 1. The first-order valence-electron chi connectivity index (χ1n) is 7.35. The van der Waals surface area contributed by atoms with Crippen LogP contribution in [0.3, 0.4) is 0 Å². The minimum absolute atomic E-state index is 0.164. The van der Waals surface area contributed by atoms with Crippen LogP contribution in [0.1, 0.15) is 0 Å². The Morgan fingerprint density at radius 3 is 2.70 bits per heavy atom. The second-order valence-corrected chi connectivity index (χ2v) is 5.67. The molecule has 7 heteroatoms. The van der Waals surface area contributed by atoms with Crippen molar-refractivity contribution in [1.29, 1.82) is 0 Å². The molecule has 3 rings (SSSR count). The molecule has 1 amide bonds. The molecule has 0 atom stereocenters. The van der Waals surface area contributed by atoms with Crippen LogP contribution < -0.4 is 10.6 Å². The molecule has 6 nitrogen and oxygen atoms in total. The van der Waals surface area contributed by atoms with Gasteiger partial charge in [0.25, 0.3) is 0 Å². The highest BCUT2D eigenvalue weighted by atomic mass is 19.1. The number of anilines is 1. The van der Waals surface area contributed by atoms with E-state index in [0.29, 0.717) is 24.6 Å². The zero-order valence-electron chi connectivity index (χ0n) is 12.8. The Hall–Kier alpha value is -2.54. The summed E-state index contributed by atoms with van der Waals surface area (Å²) in [6, 6.07) is 9.35. The van der Waals surface area contributed by atoms with E-state index < -0.39 is 5.82 Å². The van der Waals surface area contributed by atoms with Gasteiger partial charge in [-0.25, -0.2) is 14.4 Å². The SMILES string of the molecule is CN(CC(N)=O)C1CN(c2ncnc(-c3ccccc3)c2F)C1. The molecule has 0 radical (unpaired) electrons. The highest BCUT2D eigenvalue weighted by Crippen LogP contribution is 2.29. The van der Waals surface area contributed by atoms with Crippen LogP contribution >= 0.6 is 0 Å². The summed E-state index contributed by atoms with van der Waals surface area (Å²) in [7, 11) is 1.83. The van der Waals surface area contributed by atoms with E-state index in [9.17, 15) is 9.18 Å². The fraction of sp³-hybridized carbons (Fsp3) is 0.312. The van der Waals surface area contributed by atoms with Crippen molar-refractivity contribution in [3.8, 4) is 11.3 Å². The number of carbonyl (C=O) groups is 1. The van der Waals surface area contributed by atoms with Crippen LogP contribution in [0.2, 0.25) is 0 Å². The van der Waals surface area contributed by atoms with Crippen molar-refractivity contribution < 1.29 is 9.18 Å². The van der Waals surface area contributed by atoms with Gasteiger partial charge in [0.2, 0.25) is 5.91 Å². The van der Waals surface area contributed by atoms with Crippen LogP contribution in [0.5, 0.6) is 0 Å². The summed E-state index contributed by atoms with van der Waals surface area (Å²) in [6.45, 7) is 1.40. The maximum atomic E-state index is 14.7. The zero-order chi connectivity index (χ0) is 16.4. The van der Waals surface area contributed by atoms with Crippen molar-refractivity contribution in [3.63, 3.8) is 0 Å². The summed E-state index contributed by atoms with van der Waals surface area (Å²) in [5.74, 6) is -0.497. The first kappa shape index (κ1) is 15.4. The van der Waals surface area contributed by atoms with Gasteiger partial charge >= 0.3 is 0 Å². The third kappa shape index (κ3) is 3.14. The molecule has 1 saturated heterocycles. The first-order chi connectivity index (χ1) is 11.1. The molecule has 0 spiro atoms. The molecule has 1 aromatic heterocycles. The van der Waals surface area contributed by atoms with Gasteiger partial charge in [-0.1, -0.05) is 30.3 Å². The topological polar surface area (TPSA) is 75.3 Å². The average Bonchev–Trinajstić information content (AvgIpc) is 2.47. The molecule has 1 aromatic carbocycles. The predicted octanol–water partition coefficient (Wildman–Crippen LogP) is 0.888. The van der Waals surface area contributed by atoms with Crippen LogP contribution in [-0.4, -0.2) is 53.5 Å². The average molecular weight is 315 g/mol. The molecule has 0 saturated carbocycles. The second kappa shape index (κ2) is 6.29. The molecule has 120 valence electrons. The monoisotopic (exact) mass is 315 g/mol. The standard InChI is InChI=1S/C16H18FN5O/c1-21(9-13(18)23)12-7-22(8-12)16-14(17)15(19-10-20-16)11-5-3-2-4-6-11/h2-6,10,12H,7-9H2,1H3,(H2,18,23). The Bertz CT molecular complexity index is 703. The lowest BCUT2D eigenvalue weighted by atomic mass is 10.1. The van der Waals surface area contributed by atoms with E-state index in [1.807, 2.05) is 47.2 Å². The lowest BCUT2D eigenvalue weighted by Crippen LogP contribution is -2.60. The summed E-state index contributed by atoms with van der Waals surface area (Å²) in [5.41, 5.74) is 6.20. The highest BCUT2D eigenvalue weighted by molar-refractivity contribution is 5.76. The summed E-state index contributed by atoms with van der Waals surface area (Å²) < 4.78 is 14.7. The molecule has 23 heavy (non-hydrogen) atoms. The van der Waals surface area contributed by atoms with Crippen LogP contribution in [-0.2, 0) is 4.79 Å². The third-order valence-electron chi connectivity index (χ3n) is 4.01. The van der Waals surface area contributed by atoms with Crippen molar-refractivity contribution in [2.45, 2.75) is 6.04 Å². The fourth-order valence-corrected chi connectivity index (χ4v) is 2.66. The van der Waals surface area contributed by atoms with Crippen molar-refractivity contribution in [1.82, 2.24) is 14.9 Å². The van der Waals surface area contributed by atoms with Gasteiger partial charge in [-0.3, -0.25) is 9.69 Å². The van der Waals surface area contributed by atoms with E-state index in [2.05, 4.69) is 9.97 Å². The normalized spacial score (nSPS) is 14.8. The minimum atomic E-state index is -0.422. The van der Waals surface area contributed by atoms with Crippen LogP contribution in [0.25, 0.3) is 11.3 Å². The second-order valence-electron chi connectivity index (χ2n) is 5.67. The molecule has 0 bridgehead atoms. The van der Waals surface area contributed by atoms with Gasteiger partial charge in [0.05, 0.1) is 6.54 Å². The number of carbonyl (C=O) groups excluding carboxylic acids is 1. The Kier molecular flexibility index (Phi) is 4.20. The first-order valence-corrected chi connectivity index (χ1v) is 7.35. The van der Waals surface area contributed by atoms with E-state index in [0.717, 1.165) is 5.56 Å². The number of benzene rings is 1. The molecule has 0 aliphatic carbocycles. The van der Waals surface area contributed by atoms with Gasteiger partial charge in [0.15, 0.2) is 11.6 Å². The van der Waals surface area contributed by atoms with Gasteiger partial charge < -0.3 is 10.6 Å². The number of rotatable bonds is 5. The number of hydrogen-bond donors (Lipinski definition) is 1. The van der Waals surface area contributed by atoms with Gasteiger partial charge in [-0.2, -0.15) is 0 Å². The Morgan fingerprint density at radius 1 is 1.35 bits per heavy atom. The Balaban J connectivity index is 1.75. The number of nitrogens with zero attached hydrogens (tertiary/aromatic N) is 4. The summed E-state index contributed by atoms with van der Waals surface area (Å²) in [4.78, 5) is 22.8. The lowest BCUT2D eigenvalue weighted by Gasteiger charge is -2.44. The van der Waals surface area contributed by atoms with Crippen molar-refractivity contribution in [2.24, 2.45) is 5.73 Å². The van der Waals surface area contributed by atoms with Crippen molar-refractivity contribution in [3.05, 3.63) is 42.5 Å². The molecule has 1 aliphatic heterocycles. The Labute approximate surface area is 133 Å². The van der Waals surface area contributed by atoms with E-state index in [1.165, 1.54) is 6.33 Å². The number of aromatic nitrogens is 2. The zero-order valence-corrected chi connectivity index (χ0v) is 12.8. The highest BCUT2D eigenvalue weighted by Gasteiger charge is 2.33. The molecule has 0 unspecified atom stereocenters. The third-order valence-corrected chi connectivity index (χ3v) is 4.01. The van der Waals surface area contributed by atoms with Crippen LogP contribution in [0.15, 0.2) is 36.7 Å². The number of amides is 1. The molecular formula is C16H18FN5O. The molecular weight excluding hydrogens is 297 g/mol. The minimum Gasteiger partial charge on any atom is -0.369 e. The number of hydrogen-bond acceptors (Lipinski definition) is 5. The number of likely N-dealkylation sites (N-methyl/N-ethyl adjacent to an activating group) is 1. The van der Waals surface area contributed by atoms with E-state index >= 15 is 0 Å². The molecule has 2 heterocycles. The van der Waals surface area contributed by atoms with E-state index in [-0.39, 0.29) is 18.5 Å². The maximum absolute atomic E-state index is 14.7. The summed E-state index contributed by atoms with van der Waals surface area (Å²) in [5, 5.41) is 0. The van der Waals surface area contributed by atoms with Gasteiger partial charge in [0.1, 0.15) is 12.0 Å². The largest absolute Gasteiger partial charge is 0.369 e.